The van der Waals surface area contributed by atoms with Crippen LogP contribution in [0.1, 0.15) is 39.0 Å². The van der Waals surface area contributed by atoms with Gasteiger partial charge >= 0.3 is 5.97 Å². The first-order valence-electron chi connectivity index (χ1n) is 7.63. The molecule has 0 fully saturated rings. The molecule has 128 valence electrons. The summed E-state index contributed by atoms with van der Waals surface area (Å²) in [7, 11) is 0. The third-order valence-corrected chi connectivity index (χ3v) is 3.15. The fourth-order valence-electron chi connectivity index (χ4n) is 1.94. The van der Waals surface area contributed by atoms with Gasteiger partial charge in [-0.25, -0.2) is 0 Å². The molecular formula is C15H28N2O5. The van der Waals surface area contributed by atoms with Crippen LogP contribution in [0, 0.1) is 0 Å². The lowest BCUT2D eigenvalue weighted by atomic mass is 10.1. The minimum atomic E-state index is -1.24. The number of carboxylic acid groups (broad SMARTS) is 1. The highest BCUT2D eigenvalue weighted by Crippen LogP contribution is 2.03. The number of carbonyl (C=O) groups is 2. The van der Waals surface area contributed by atoms with E-state index in [1.165, 1.54) is 4.90 Å². The van der Waals surface area contributed by atoms with Gasteiger partial charge in [0.25, 0.3) is 0 Å². The van der Waals surface area contributed by atoms with E-state index in [0.717, 1.165) is 25.7 Å². The highest BCUT2D eigenvalue weighted by atomic mass is 16.4. The van der Waals surface area contributed by atoms with E-state index in [0.29, 0.717) is 6.42 Å². The molecule has 0 heterocycles. The molecule has 7 heteroatoms. The van der Waals surface area contributed by atoms with Gasteiger partial charge in [-0.3, -0.25) is 14.5 Å². The molecular weight excluding hydrogens is 288 g/mol. The number of nitrogens with one attached hydrogen (secondary N) is 1. The van der Waals surface area contributed by atoms with Gasteiger partial charge in [0, 0.05) is 19.5 Å². The smallest absolute Gasteiger partial charge is 0.317 e. The van der Waals surface area contributed by atoms with Crippen LogP contribution in [0.25, 0.3) is 0 Å². The molecule has 0 aliphatic carbocycles. The van der Waals surface area contributed by atoms with E-state index in [9.17, 15) is 14.7 Å². The molecule has 0 aliphatic heterocycles. The summed E-state index contributed by atoms with van der Waals surface area (Å²) in [5, 5.41) is 29.7. The van der Waals surface area contributed by atoms with Crippen LogP contribution in [-0.4, -0.2) is 64.6 Å². The fourth-order valence-corrected chi connectivity index (χ4v) is 1.94. The number of hydrogen-bond donors (Lipinski definition) is 4. The quantitative estimate of drug-likeness (QED) is 0.221. The summed E-state index contributed by atoms with van der Waals surface area (Å²) in [6.45, 7) is 1.45. The van der Waals surface area contributed by atoms with Gasteiger partial charge in [0.15, 0.2) is 0 Å². The molecule has 0 bridgehead atoms. The third-order valence-electron chi connectivity index (χ3n) is 3.15. The molecule has 1 atom stereocenters. The second-order valence-electron chi connectivity index (χ2n) is 5.05. The number of carboxylic acids is 1. The van der Waals surface area contributed by atoms with Crippen LogP contribution in [-0.2, 0) is 9.59 Å². The van der Waals surface area contributed by atoms with E-state index in [1.54, 1.807) is 0 Å². The fraction of sp³-hybridized carbons (Fsp3) is 0.733. The first-order chi connectivity index (χ1) is 10.5. The first kappa shape index (κ1) is 20.6. The van der Waals surface area contributed by atoms with Crippen molar-refractivity contribution in [3.63, 3.8) is 0 Å². The van der Waals surface area contributed by atoms with E-state index in [4.69, 9.17) is 10.2 Å². The molecule has 0 saturated carbocycles. The Labute approximate surface area is 131 Å². The van der Waals surface area contributed by atoms with E-state index in [1.807, 2.05) is 13.0 Å². The minimum Gasteiger partial charge on any atom is -0.480 e. The number of allylic oxidation sites excluding steroid dienone is 2. The van der Waals surface area contributed by atoms with Gasteiger partial charge in [0.05, 0.1) is 13.2 Å². The van der Waals surface area contributed by atoms with Gasteiger partial charge in [0.2, 0.25) is 5.91 Å². The van der Waals surface area contributed by atoms with Crippen LogP contribution in [0.3, 0.4) is 0 Å². The molecule has 0 spiro atoms. The number of aliphatic hydroxyl groups is 2. The van der Waals surface area contributed by atoms with E-state index >= 15 is 0 Å². The molecule has 0 aromatic rings. The minimum absolute atomic E-state index is 0.0835. The summed E-state index contributed by atoms with van der Waals surface area (Å²) in [6.07, 6.45) is 7.22. The van der Waals surface area contributed by atoms with Gasteiger partial charge in [-0.1, -0.05) is 18.6 Å². The van der Waals surface area contributed by atoms with Crippen LogP contribution >= 0.6 is 0 Å². The van der Waals surface area contributed by atoms with E-state index in [-0.39, 0.29) is 25.5 Å². The van der Waals surface area contributed by atoms with Crippen LogP contribution in [0.15, 0.2) is 12.2 Å². The molecule has 0 aromatic heterocycles. The maximum atomic E-state index is 11.6. The Morgan fingerprint density at radius 1 is 1.27 bits per heavy atom. The van der Waals surface area contributed by atoms with E-state index < -0.39 is 18.8 Å². The van der Waals surface area contributed by atoms with Crippen molar-refractivity contribution in [3.8, 4) is 0 Å². The van der Waals surface area contributed by atoms with Crippen LogP contribution < -0.4 is 5.32 Å². The molecule has 0 radical (unpaired) electrons. The number of nitrogens with zero attached hydrogens (tertiary/aromatic N) is 1. The average molecular weight is 316 g/mol. The maximum Gasteiger partial charge on any atom is 0.317 e. The molecule has 1 unspecified atom stereocenters. The van der Waals surface area contributed by atoms with Crippen molar-refractivity contribution in [2.24, 2.45) is 0 Å². The van der Waals surface area contributed by atoms with Crippen molar-refractivity contribution in [2.75, 3.05) is 26.2 Å². The highest BCUT2D eigenvalue weighted by molar-refractivity contribution is 5.75. The predicted molar refractivity (Wildman–Crippen MR) is 83.2 cm³/mol. The van der Waals surface area contributed by atoms with Crippen LogP contribution in [0.4, 0.5) is 0 Å². The van der Waals surface area contributed by atoms with E-state index in [2.05, 4.69) is 11.4 Å². The summed E-state index contributed by atoms with van der Waals surface area (Å²) in [6, 6.07) is 0. The molecule has 7 nitrogen and oxygen atoms in total. The molecule has 0 saturated heterocycles. The molecule has 0 aliphatic rings. The molecule has 4 N–H and O–H groups in total. The zero-order valence-electron chi connectivity index (χ0n) is 13.2. The first-order valence-corrected chi connectivity index (χ1v) is 7.63. The second kappa shape index (κ2) is 13.2. The highest BCUT2D eigenvalue weighted by Gasteiger charge is 2.17. The van der Waals surface area contributed by atoms with Crippen LogP contribution in [0.5, 0.6) is 0 Å². The standard InChI is InChI=1S/C15H28N2O5/c1-2-3-4-5-6-7-8-13(19)16-9-10-17(11-15(21)22)14(20)12-18/h2-3,14,18,20H,4-12H2,1H3,(H,16,19)(H,21,22)/b3-2+. The van der Waals surface area contributed by atoms with Gasteiger partial charge in [-0.15, -0.1) is 0 Å². The zero-order valence-corrected chi connectivity index (χ0v) is 13.2. The lowest BCUT2D eigenvalue weighted by Gasteiger charge is -2.24. The Kier molecular flexibility index (Phi) is 12.4. The largest absolute Gasteiger partial charge is 0.480 e. The van der Waals surface area contributed by atoms with Crippen molar-refractivity contribution in [1.29, 1.82) is 0 Å². The number of rotatable bonds is 13. The Morgan fingerprint density at radius 3 is 2.59 bits per heavy atom. The summed E-state index contributed by atoms with van der Waals surface area (Å²) in [5.41, 5.74) is 0. The predicted octanol–water partition coefficient (Wildman–Crippen LogP) is 0.327. The summed E-state index contributed by atoms with van der Waals surface area (Å²) in [4.78, 5) is 23.4. The number of aliphatic carboxylic acids is 1. The topological polar surface area (TPSA) is 110 Å². The van der Waals surface area contributed by atoms with Crippen molar-refractivity contribution in [2.45, 2.75) is 45.3 Å². The van der Waals surface area contributed by atoms with Crippen molar-refractivity contribution < 1.29 is 24.9 Å². The Bertz CT molecular complexity index is 347. The number of aliphatic hydroxyl groups excluding tert-OH is 2. The van der Waals surface area contributed by atoms with Crippen molar-refractivity contribution in [1.82, 2.24) is 10.2 Å². The maximum absolute atomic E-state index is 11.6. The lowest BCUT2D eigenvalue weighted by Crippen LogP contribution is -2.45. The number of carbonyl (C=O) groups excluding carboxylic acids is 1. The number of unbranched alkanes of at least 4 members (excludes halogenated alkanes) is 3. The Balaban J connectivity index is 3.81. The summed E-state index contributed by atoms with van der Waals surface area (Å²) < 4.78 is 0. The lowest BCUT2D eigenvalue weighted by molar-refractivity contribution is -0.142. The second-order valence-corrected chi connectivity index (χ2v) is 5.05. The number of amides is 1. The van der Waals surface area contributed by atoms with Gasteiger partial charge in [0.1, 0.15) is 6.23 Å². The van der Waals surface area contributed by atoms with Crippen molar-refractivity contribution >= 4 is 11.9 Å². The SMILES string of the molecule is C/C=C/CCCCCC(=O)NCCN(CC(=O)O)C(O)CO. The molecule has 22 heavy (non-hydrogen) atoms. The normalized spacial score (nSPS) is 12.7. The van der Waals surface area contributed by atoms with Gasteiger partial charge in [-0.05, 0) is 26.2 Å². The Morgan fingerprint density at radius 2 is 2.00 bits per heavy atom. The number of hydrogen-bond acceptors (Lipinski definition) is 5. The summed E-state index contributed by atoms with van der Waals surface area (Å²) >= 11 is 0. The molecule has 0 aromatic carbocycles. The van der Waals surface area contributed by atoms with Crippen molar-refractivity contribution in [3.05, 3.63) is 12.2 Å². The van der Waals surface area contributed by atoms with Crippen LogP contribution in [0.2, 0.25) is 0 Å². The Hall–Kier alpha value is -1.44. The van der Waals surface area contributed by atoms with Gasteiger partial charge < -0.3 is 20.6 Å². The monoisotopic (exact) mass is 316 g/mol. The summed E-state index contributed by atoms with van der Waals surface area (Å²) in [5.74, 6) is -1.18. The molecule has 1 amide bonds. The zero-order chi connectivity index (χ0) is 16.8. The average Bonchev–Trinajstić information content (AvgIpc) is 2.48. The van der Waals surface area contributed by atoms with Gasteiger partial charge in [-0.2, -0.15) is 0 Å². The molecule has 0 rings (SSSR count). The third kappa shape index (κ3) is 11.2.